The Morgan fingerprint density at radius 3 is 2.76 bits per heavy atom. The number of piperazine rings is 1. The number of nitrogen functional groups attached to an aromatic ring is 1. The minimum atomic E-state index is -3.12. The first-order valence-electron chi connectivity index (χ1n) is 12.9. The fraction of sp³-hybridized carbons (Fsp3) is 0.346. The van der Waals surface area contributed by atoms with Gasteiger partial charge in [-0.2, -0.15) is 13.9 Å². The second kappa shape index (κ2) is 10.6. The molecule has 3 fully saturated rings. The predicted molar refractivity (Wildman–Crippen MR) is 146 cm³/mol. The van der Waals surface area contributed by atoms with Crippen molar-refractivity contribution >= 4 is 40.6 Å². The molecule has 4 aromatic rings. The van der Waals surface area contributed by atoms with Gasteiger partial charge in [0.1, 0.15) is 23.6 Å². The van der Waals surface area contributed by atoms with E-state index in [4.69, 9.17) is 22.1 Å². The fourth-order valence-electron chi connectivity index (χ4n) is 5.56. The molecule has 41 heavy (non-hydrogen) atoms. The number of nitrogens with zero attached hydrogens (tertiary/aromatic N) is 7. The smallest absolute Gasteiger partial charge is 0.387 e. The molecule has 0 unspecified atom stereocenters. The number of ether oxygens (including phenoxy) is 1. The average Bonchev–Trinajstić information content (AvgIpc) is 3.48. The van der Waals surface area contributed by atoms with Gasteiger partial charge in [0.05, 0.1) is 5.69 Å². The van der Waals surface area contributed by atoms with Gasteiger partial charge < -0.3 is 20.7 Å². The number of benzene rings is 1. The summed E-state index contributed by atoms with van der Waals surface area (Å²) < 4.78 is 34.0. The maximum atomic E-state index is 13.4. The Labute approximate surface area is 237 Å². The molecular formula is C26H26ClF2N9O3. The number of piperidine rings is 2. The molecule has 214 valence electrons. The van der Waals surface area contributed by atoms with Gasteiger partial charge in [0.25, 0.3) is 5.91 Å². The summed E-state index contributed by atoms with van der Waals surface area (Å²) in [5.74, 6) is -1.05. The van der Waals surface area contributed by atoms with Crippen LogP contribution in [0.2, 0.25) is 5.02 Å². The van der Waals surface area contributed by atoms with Crippen LogP contribution in [0.3, 0.4) is 0 Å². The Bertz CT molecular complexity index is 1640. The van der Waals surface area contributed by atoms with Gasteiger partial charge in [-0.25, -0.2) is 9.50 Å². The molecule has 3 aliphatic heterocycles. The summed E-state index contributed by atoms with van der Waals surface area (Å²) in [4.78, 5) is 35.1. The average molecular weight is 586 g/mol. The molecule has 0 aliphatic carbocycles. The molecule has 7 rings (SSSR count). The lowest BCUT2D eigenvalue weighted by Crippen LogP contribution is -2.63. The summed E-state index contributed by atoms with van der Waals surface area (Å²) >= 11 is 6.20. The summed E-state index contributed by atoms with van der Waals surface area (Å²) in [6.45, 7) is -1.82. The number of nitrogens with one attached hydrogen (secondary N) is 1. The number of rotatable bonds is 7. The molecule has 3 aliphatic rings. The van der Waals surface area contributed by atoms with Crippen LogP contribution in [0.1, 0.15) is 23.2 Å². The summed E-state index contributed by atoms with van der Waals surface area (Å²) in [5.41, 5.74) is 6.56. The Hall–Kier alpha value is -4.30. The van der Waals surface area contributed by atoms with Crippen LogP contribution in [0.4, 0.5) is 20.3 Å². The highest BCUT2D eigenvalue weighted by Crippen LogP contribution is 2.37. The number of hydrogen-bond acceptors (Lipinski definition) is 8. The lowest BCUT2D eigenvalue weighted by Gasteiger charge is -2.50. The molecule has 12 nitrogen and oxygen atoms in total. The molecule has 6 heterocycles. The number of carbonyl (C=O) groups is 2. The number of aromatic nitrogens is 5. The number of hydrogen-bond donors (Lipinski definition) is 2. The molecule has 1 aromatic carbocycles. The zero-order valence-corrected chi connectivity index (χ0v) is 22.6. The van der Waals surface area contributed by atoms with Gasteiger partial charge >= 0.3 is 6.61 Å². The molecule has 2 amide bonds. The first-order chi connectivity index (χ1) is 19.7. The van der Waals surface area contributed by atoms with Crippen molar-refractivity contribution in [1.29, 1.82) is 0 Å². The van der Waals surface area contributed by atoms with Crippen molar-refractivity contribution in [1.82, 2.24) is 34.2 Å². The molecule has 3 aromatic heterocycles. The molecule has 2 atom stereocenters. The number of alkyl halides is 2. The number of fused-ring (bicyclic) bond motifs is 4. The normalized spacial score (nSPS) is 18.8. The first kappa shape index (κ1) is 26.9. The van der Waals surface area contributed by atoms with E-state index < -0.39 is 12.5 Å². The van der Waals surface area contributed by atoms with Gasteiger partial charge in [0.2, 0.25) is 5.91 Å². The van der Waals surface area contributed by atoms with Crippen molar-refractivity contribution in [2.75, 3.05) is 31.2 Å². The number of likely N-dealkylation sites (N-methyl/N-ethyl adjacent to an activating group) is 1. The minimum Gasteiger partial charge on any atom is -0.434 e. The van der Waals surface area contributed by atoms with Crippen molar-refractivity contribution in [3.05, 3.63) is 53.4 Å². The number of anilines is 2. The summed E-state index contributed by atoms with van der Waals surface area (Å²) in [6.07, 6.45) is 6.51. The molecule has 3 N–H and O–H groups in total. The van der Waals surface area contributed by atoms with Gasteiger partial charge in [0.15, 0.2) is 11.5 Å². The van der Waals surface area contributed by atoms with Crippen LogP contribution in [0.15, 0.2) is 42.9 Å². The SMILES string of the molecule is CN1C[C@@H]2CC[C@H]1CN2C(=O)Cn1cc(NC(=O)c2c(N)nn3cccnc23)c(-c2cc(Cl)ccc2OC(F)F)n1. The van der Waals surface area contributed by atoms with Gasteiger partial charge in [-0.15, -0.1) is 5.10 Å². The van der Waals surface area contributed by atoms with Crippen LogP contribution >= 0.6 is 11.6 Å². The van der Waals surface area contributed by atoms with Crippen LogP contribution in [0.25, 0.3) is 16.9 Å². The number of halogens is 3. The van der Waals surface area contributed by atoms with Crippen LogP contribution in [-0.4, -0.2) is 84.8 Å². The van der Waals surface area contributed by atoms with Crippen LogP contribution in [0, 0.1) is 0 Å². The molecule has 0 saturated carbocycles. The van der Waals surface area contributed by atoms with E-state index in [0.717, 1.165) is 19.4 Å². The van der Waals surface area contributed by atoms with E-state index in [1.54, 1.807) is 12.3 Å². The zero-order chi connectivity index (χ0) is 28.8. The minimum absolute atomic E-state index is 0.0176. The molecule has 3 saturated heterocycles. The molecule has 2 bridgehead atoms. The van der Waals surface area contributed by atoms with Gasteiger partial charge in [-0.1, -0.05) is 11.6 Å². The largest absolute Gasteiger partial charge is 0.434 e. The number of carbonyl (C=O) groups excluding carboxylic acids is 2. The van der Waals surface area contributed by atoms with Gasteiger partial charge in [-0.3, -0.25) is 19.2 Å². The molecule has 15 heteroatoms. The Balaban J connectivity index is 1.36. The standard InChI is InChI=1S/C26H26ClF2N9O3/c1-35-10-16-5-4-15(35)11-37(16)20(39)13-36-12-18(22(33-36)17-9-14(27)3-6-19(17)41-26(28)29)32-25(40)21-23(30)34-38-8-2-7-31-24(21)38/h2-3,6-9,12,15-16,26H,4-5,10-11,13H2,1H3,(H2,30,34)(H,32,40)/t15-,16-/m0/s1. The van der Waals surface area contributed by atoms with Crippen molar-refractivity contribution in [3.8, 4) is 17.0 Å². The third-order valence-corrected chi connectivity index (χ3v) is 7.73. The predicted octanol–water partition coefficient (Wildman–Crippen LogP) is 2.99. The topological polar surface area (TPSA) is 136 Å². The van der Waals surface area contributed by atoms with E-state index >= 15 is 0 Å². The van der Waals surface area contributed by atoms with Crippen molar-refractivity contribution in [3.63, 3.8) is 0 Å². The maximum absolute atomic E-state index is 13.4. The Morgan fingerprint density at radius 1 is 1.22 bits per heavy atom. The van der Waals surface area contributed by atoms with E-state index in [1.807, 2.05) is 4.90 Å². The Kier molecular flexibility index (Phi) is 6.95. The fourth-order valence-corrected chi connectivity index (χ4v) is 5.73. The highest BCUT2D eigenvalue weighted by atomic mass is 35.5. The number of nitrogens with two attached hydrogens (primary N) is 1. The lowest BCUT2D eigenvalue weighted by molar-refractivity contribution is -0.141. The van der Waals surface area contributed by atoms with Crippen molar-refractivity contribution < 1.29 is 23.1 Å². The van der Waals surface area contributed by atoms with Crippen molar-refractivity contribution in [2.45, 2.75) is 38.1 Å². The van der Waals surface area contributed by atoms with E-state index in [0.29, 0.717) is 12.6 Å². The van der Waals surface area contributed by atoms with Gasteiger partial charge in [-0.05, 0) is 44.2 Å². The summed E-state index contributed by atoms with van der Waals surface area (Å²) in [7, 11) is 2.06. The quantitative estimate of drug-likeness (QED) is 0.338. The summed E-state index contributed by atoms with van der Waals surface area (Å²) in [6, 6.07) is 6.13. The van der Waals surface area contributed by atoms with Gasteiger partial charge in [0, 0.05) is 54.3 Å². The van der Waals surface area contributed by atoms with Crippen LogP contribution < -0.4 is 15.8 Å². The number of amides is 2. The molecular weight excluding hydrogens is 560 g/mol. The second-order valence-electron chi connectivity index (χ2n) is 10.1. The summed E-state index contributed by atoms with van der Waals surface area (Å²) in [5, 5.41) is 11.6. The first-order valence-corrected chi connectivity index (χ1v) is 13.3. The van der Waals surface area contributed by atoms with E-state index in [-0.39, 0.29) is 63.2 Å². The molecule has 0 radical (unpaired) electrons. The van der Waals surface area contributed by atoms with Crippen LogP contribution in [-0.2, 0) is 11.3 Å². The second-order valence-corrected chi connectivity index (χ2v) is 10.5. The van der Waals surface area contributed by atoms with E-state index in [9.17, 15) is 18.4 Å². The lowest BCUT2D eigenvalue weighted by atomic mass is 9.91. The monoisotopic (exact) mass is 585 g/mol. The van der Waals surface area contributed by atoms with E-state index in [1.165, 1.54) is 39.8 Å². The highest BCUT2D eigenvalue weighted by Gasteiger charge is 2.39. The van der Waals surface area contributed by atoms with Crippen molar-refractivity contribution in [2.24, 2.45) is 0 Å². The molecule has 0 spiro atoms. The van der Waals surface area contributed by atoms with E-state index in [2.05, 4.69) is 32.4 Å². The maximum Gasteiger partial charge on any atom is 0.387 e. The highest BCUT2D eigenvalue weighted by molar-refractivity contribution is 6.31. The third-order valence-electron chi connectivity index (χ3n) is 7.49. The Morgan fingerprint density at radius 2 is 2.02 bits per heavy atom. The zero-order valence-electron chi connectivity index (χ0n) is 21.9. The van der Waals surface area contributed by atoms with Crippen LogP contribution in [0.5, 0.6) is 5.75 Å². The third kappa shape index (κ3) is 5.15.